The van der Waals surface area contributed by atoms with Crippen LogP contribution in [0, 0.1) is 12.3 Å². The molecule has 1 fully saturated rings. The molecule has 21 heavy (non-hydrogen) atoms. The fourth-order valence-corrected chi connectivity index (χ4v) is 3.89. The minimum atomic E-state index is -3.53. The van der Waals surface area contributed by atoms with E-state index >= 15 is 0 Å². The molecule has 0 unspecified atom stereocenters. The van der Waals surface area contributed by atoms with E-state index in [-0.39, 0.29) is 6.54 Å². The molecule has 0 spiro atoms. The number of terminal acetylenes is 1. The molecule has 0 atom stereocenters. The summed E-state index contributed by atoms with van der Waals surface area (Å²) in [4.78, 5) is 0.363. The number of hydrogen-bond donors (Lipinski definition) is 1. The van der Waals surface area contributed by atoms with E-state index in [0.29, 0.717) is 24.0 Å². The average Bonchev–Trinajstić information content (AvgIpc) is 3.29. The van der Waals surface area contributed by atoms with Crippen molar-refractivity contribution in [3.05, 3.63) is 29.8 Å². The Hall–Kier alpha value is -1.35. The number of nitrogens with one attached hydrogen (secondary N) is 1. The number of benzene rings is 1. The molecule has 1 aliphatic rings. The van der Waals surface area contributed by atoms with Gasteiger partial charge in [-0.3, -0.25) is 0 Å². The van der Waals surface area contributed by atoms with Crippen molar-refractivity contribution in [2.45, 2.75) is 43.7 Å². The molecule has 1 aliphatic carbocycles. The van der Waals surface area contributed by atoms with Crippen molar-refractivity contribution in [1.82, 2.24) is 9.62 Å². The smallest absolute Gasteiger partial charge is 0.244 e. The van der Waals surface area contributed by atoms with Crippen LogP contribution in [0.3, 0.4) is 0 Å². The van der Waals surface area contributed by atoms with Crippen molar-refractivity contribution in [3.8, 4) is 12.3 Å². The van der Waals surface area contributed by atoms with Crippen molar-refractivity contribution in [2.75, 3.05) is 13.1 Å². The first-order chi connectivity index (χ1) is 10.1. The molecule has 1 N–H and O–H groups in total. The van der Waals surface area contributed by atoms with Gasteiger partial charge in [0.15, 0.2) is 0 Å². The van der Waals surface area contributed by atoms with E-state index in [1.54, 1.807) is 12.1 Å². The molecule has 0 amide bonds. The maximum Gasteiger partial charge on any atom is 0.244 e. The Kier molecular flexibility index (Phi) is 5.40. The van der Waals surface area contributed by atoms with E-state index in [0.717, 1.165) is 12.0 Å². The van der Waals surface area contributed by atoms with E-state index in [9.17, 15) is 8.42 Å². The van der Waals surface area contributed by atoms with E-state index in [1.165, 1.54) is 17.1 Å². The molecule has 0 aromatic heterocycles. The van der Waals surface area contributed by atoms with E-state index in [4.69, 9.17) is 6.42 Å². The van der Waals surface area contributed by atoms with Crippen LogP contribution in [0.5, 0.6) is 0 Å². The normalized spacial score (nSPS) is 15.1. The number of hydrogen-bond acceptors (Lipinski definition) is 3. The lowest BCUT2D eigenvalue weighted by molar-refractivity contribution is 0.444. The van der Waals surface area contributed by atoms with Gasteiger partial charge in [-0.1, -0.05) is 31.0 Å². The fraction of sp³-hybridized carbons (Fsp3) is 0.500. The summed E-state index contributed by atoms with van der Waals surface area (Å²) < 4.78 is 27.0. The van der Waals surface area contributed by atoms with Gasteiger partial charge in [-0.2, -0.15) is 4.31 Å². The topological polar surface area (TPSA) is 49.4 Å². The van der Waals surface area contributed by atoms with Crippen LogP contribution < -0.4 is 5.32 Å². The maximum absolute atomic E-state index is 12.8. The van der Waals surface area contributed by atoms with Crippen LogP contribution in [0.2, 0.25) is 0 Å². The molecule has 0 heterocycles. The summed E-state index contributed by atoms with van der Waals surface area (Å²) in [5.74, 6) is 2.44. The molecule has 114 valence electrons. The van der Waals surface area contributed by atoms with E-state index < -0.39 is 10.0 Å². The van der Waals surface area contributed by atoms with Crippen molar-refractivity contribution in [2.24, 2.45) is 0 Å². The third-order valence-corrected chi connectivity index (χ3v) is 5.44. The molecule has 1 saturated carbocycles. The fourth-order valence-electron chi connectivity index (χ4n) is 2.22. The lowest BCUT2D eigenvalue weighted by atomic mass is 10.2. The predicted octanol–water partition coefficient (Wildman–Crippen LogP) is 1.97. The lowest BCUT2D eigenvalue weighted by Gasteiger charge is -2.21. The molecule has 1 aromatic carbocycles. The van der Waals surface area contributed by atoms with Gasteiger partial charge in [0.2, 0.25) is 10.0 Å². The SMILES string of the molecule is C#CCN(CCC)S(=O)(=O)c1ccccc1CNC1CC1. The highest BCUT2D eigenvalue weighted by atomic mass is 32.2. The van der Waals surface area contributed by atoms with Crippen LogP contribution in [-0.2, 0) is 16.6 Å². The zero-order valence-electron chi connectivity index (χ0n) is 12.4. The van der Waals surface area contributed by atoms with Gasteiger partial charge >= 0.3 is 0 Å². The summed E-state index contributed by atoms with van der Waals surface area (Å²) in [6.45, 7) is 3.08. The van der Waals surface area contributed by atoms with E-state index in [2.05, 4.69) is 11.2 Å². The number of rotatable bonds is 8. The van der Waals surface area contributed by atoms with Crippen LogP contribution in [0.15, 0.2) is 29.2 Å². The van der Waals surface area contributed by atoms with Gasteiger partial charge in [0.1, 0.15) is 0 Å². The second-order valence-electron chi connectivity index (χ2n) is 5.31. The van der Waals surface area contributed by atoms with Crippen LogP contribution >= 0.6 is 0 Å². The first kappa shape index (κ1) is 16.0. The summed E-state index contributed by atoms with van der Waals surface area (Å²) in [5, 5.41) is 3.37. The Bertz CT molecular complexity index is 615. The number of nitrogens with zero attached hydrogens (tertiary/aromatic N) is 1. The van der Waals surface area contributed by atoms with Gasteiger partial charge in [0.05, 0.1) is 11.4 Å². The first-order valence-electron chi connectivity index (χ1n) is 7.34. The summed E-state index contributed by atoms with van der Waals surface area (Å²) in [6.07, 6.45) is 8.40. The largest absolute Gasteiger partial charge is 0.310 e. The Morgan fingerprint density at radius 1 is 1.38 bits per heavy atom. The van der Waals surface area contributed by atoms with Gasteiger partial charge in [0, 0.05) is 19.1 Å². The third-order valence-electron chi connectivity index (χ3n) is 3.49. The minimum Gasteiger partial charge on any atom is -0.310 e. The molecular weight excluding hydrogens is 284 g/mol. The lowest BCUT2D eigenvalue weighted by Crippen LogP contribution is -2.33. The van der Waals surface area contributed by atoms with Gasteiger partial charge in [0.25, 0.3) is 0 Å². The summed E-state index contributed by atoms with van der Waals surface area (Å²) in [6, 6.07) is 7.70. The van der Waals surface area contributed by atoms with Gasteiger partial charge in [-0.15, -0.1) is 6.42 Å². The predicted molar refractivity (Wildman–Crippen MR) is 84.2 cm³/mol. The van der Waals surface area contributed by atoms with Crippen LogP contribution in [0.25, 0.3) is 0 Å². The van der Waals surface area contributed by atoms with Gasteiger partial charge in [-0.25, -0.2) is 8.42 Å². The molecule has 5 heteroatoms. The Balaban J connectivity index is 2.26. The highest BCUT2D eigenvalue weighted by Crippen LogP contribution is 2.23. The molecule has 0 saturated heterocycles. The van der Waals surface area contributed by atoms with Gasteiger partial charge in [-0.05, 0) is 30.9 Å². The molecule has 0 aliphatic heterocycles. The van der Waals surface area contributed by atoms with Crippen LogP contribution in [-0.4, -0.2) is 31.9 Å². The summed E-state index contributed by atoms with van der Waals surface area (Å²) in [7, 11) is -3.53. The van der Waals surface area contributed by atoms with Crippen molar-refractivity contribution >= 4 is 10.0 Å². The first-order valence-corrected chi connectivity index (χ1v) is 8.78. The van der Waals surface area contributed by atoms with Crippen molar-refractivity contribution in [3.63, 3.8) is 0 Å². The minimum absolute atomic E-state index is 0.112. The zero-order chi connectivity index (χ0) is 15.3. The highest BCUT2D eigenvalue weighted by Gasteiger charge is 2.26. The Labute approximate surface area is 127 Å². The summed E-state index contributed by atoms with van der Waals surface area (Å²) >= 11 is 0. The van der Waals surface area contributed by atoms with Crippen LogP contribution in [0.4, 0.5) is 0 Å². The monoisotopic (exact) mass is 306 g/mol. The Morgan fingerprint density at radius 2 is 2.10 bits per heavy atom. The van der Waals surface area contributed by atoms with E-state index in [1.807, 2.05) is 19.1 Å². The quantitative estimate of drug-likeness (QED) is 0.747. The molecule has 0 radical (unpaired) electrons. The second-order valence-corrected chi connectivity index (χ2v) is 7.21. The van der Waals surface area contributed by atoms with Crippen molar-refractivity contribution < 1.29 is 8.42 Å². The zero-order valence-corrected chi connectivity index (χ0v) is 13.2. The van der Waals surface area contributed by atoms with Crippen LogP contribution in [0.1, 0.15) is 31.7 Å². The van der Waals surface area contributed by atoms with Crippen molar-refractivity contribution in [1.29, 1.82) is 0 Å². The molecule has 0 bridgehead atoms. The maximum atomic E-state index is 12.8. The molecular formula is C16H22N2O2S. The Morgan fingerprint density at radius 3 is 2.71 bits per heavy atom. The van der Waals surface area contributed by atoms with Gasteiger partial charge < -0.3 is 5.32 Å². The number of sulfonamides is 1. The molecule has 4 nitrogen and oxygen atoms in total. The highest BCUT2D eigenvalue weighted by molar-refractivity contribution is 7.89. The molecule has 1 aromatic rings. The standard InChI is InChI=1S/C16H22N2O2S/c1-3-11-18(12-4-2)21(19,20)16-8-6-5-7-14(16)13-17-15-9-10-15/h1,5-8,15,17H,4,9-13H2,2H3. The molecule has 2 rings (SSSR count). The average molecular weight is 306 g/mol. The third kappa shape index (κ3) is 4.07. The second kappa shape index (κ2) is 7.08. The summed E-state index contributed by atoms with van der Waals surface area (Å²) in [5.41, 5.74) is 0.808.